The predicted molar refractivity (Wildman–Crippen MR) is 213 cm³/mol. The third-order valence-corrected chi connectivity index (χ3v) is 10.9. The van der Waals surface area contributed by atoms with Gasteiger partial charge in [-0.3, -0.25) is 0 Å². The monoisotopic (exact) mass is 649 g/mol. The average molecular weight is 650 g/mol. The van der Waals surface area contributed by atoms with Gasteiger partial charge >= 0.3 is 0 Å². The predicted octanol–water partition coefficient (Wildman–Crippen LogP) is 13.1. The van der Waals surface area contributed by atoms with E-state index in [2.05, 4.69) is 206 Å². The average Bonchev–Trinajstić information content (AvgIpc) is 3.67. The van der Waals surface area contributed by atoms with Crippen LogP contribution >= 0.6 is 0 Å². The van der Waals surface area contributed by atoms with Gasteiger partial charge in [0.25, 0.3) is 0 Å². The van der Waals surface area contributed by atoms with Crippen molar-refractivity contribution in [3.05, 3.63) is 222 Å². The maximum atomic E-state index is 2.47. The molecule has 1 nitrogen and oxygen atoms in total. The fraction of sp³-hybridized carbons (Fsp3) is 0.0400. The van der Waals surface area contributed by atoms with Crippen molar-refractivity contribution < 1.29 is 0 Å². The SMILES string of the molecule is Cc1cccc(-c2cccc(N(c3ccc(-c4ccccc4)cc3)c3cccc4c3-c3ccccc3C43c4ccccc4-c4ccccc43)c2)c1. The standard InChI is InChI=1S/C50H35N/c1-34-14-11-17-37(32-34)38-18-12-19-40(33-38)51(39-30-28-36(29-31-39)35-15-3-2-4-16-35)48-27-13-26-47-49(48)43-22-7-10-25-46(43)50(47)44-23-8-5-20-41(44)42-21-6-9-24-45(42)50/h2-33H,1H3. The molecule has 0 atom stereocenters. The summed E-state index contributed by atoms with van der Waals surface area (Å²) in [6, 6.07) is 71.6. The second kappa shape index (κ2) is 11.6. The van der Waals surface area contributed by atoms with Crippen LogP contribution in [0.1, 0.15) is 27.8 Å². The summed E-state index contributed by atoms with van der Waals surface area (Å²) < 4.78 is 0. The summed E-state index contributed by atoms with van der Waals surface area (Å²) in [5, 5.41) is 0. The summed E-state index contributed by atoms with van der Waals surface area (Å²) >= 11 is 0. The van der Waals surface area contributed by atoms with Crippen LogP contribution in [-0.4, -0.2) is 0 Å². The molecule has 0 N–H and O–H groups in total. The molecule has 240 valence electrons. The van der Waals surface area contributed by atoms with Gasteiger partial charge in [0, 0.05) is 16.9 Å². The molecular formula is C50H35N. The lowest BCUT2D eigenvalue weighted by molar-refractivity contribution is 0.794. The first-order valence-electron chi connectivity index (χ1n) is 17.8. The number of hydrogen-bond acceptors (Lipinski definition) is 1. The zero-order chi connectivity index (χ0) is 33.9. The van der Waals surface area contributed by atoms with Crippen molar-refractivity contribution in [2.24, 2.45) is 0 Å². The Balaban J connectivity index is 1.24. The van der Waals surface area contributed by atoms with Gasteiger partial charge in [-0.25, -0.2) is 0 Å². The van der Waals surface area contributed by atoms with E-state index in [9.17, 15) is 0 Å². The van der Waals surface area contributed by atoms with Crippen molar-refractivity contribution in [3.8, 4) is 44.5 Å². The minimum absolute atomic E-state index is 0.401. The van der Waals surface area contributed by atoms with Crippen molar-refractivity contribution >= 4 is 17.1 Å². The lowest BCUT2D eigenvalue weighted by Crippen LogP contribution is -2.26. The van der Waals surface area contributed by atoms with Gasteiger partial charge in [0.05, 0.1) is 11.1 Å². The number of hydrogen-bond donors (Lipinski definition) is 0. The maximum Gasteiger partial charge on any atom is 0.0726 e. The van der Waals surface area contributed by atoms with Crippen LogP contribution in [0.4, 0.5) is 17.1 Å². The second-order valence-corrected chi connectivity index (χ2v) is 13.8. The van der Waals surface area contributed by atoms with E-state index < -0.39 is 5.41 Å². The molecule has 1 heteroatoms. The first kappa shape index (κ1) is 29.5. The Morgan fingerprint density at radius 3 is 1.55 bits per heavy atom. The topological polar surface area (TPSA) is 3.24 Å². The van der Waals surface area contributed by atoms with Crippen LogP contribution in [0.2, 0.25) is 0 Å². The van der Waals surface area contributed by atoms with Gasteiger partial charge < -0.3 is 4.90 Å². The minimum atomic E-state index is -0.401. The molecule has 2 aliphatic rings. The summed E-state index contributed by atoms with van der Waals surface area (Å²) in [7, 11) is 0. The number of rotatable bonds is 5. The van der Waals surface area contributed by atoms with Crippen LogP contribution in [0.3, 0.4) is 0 Å². The summed E-state index contributed by atoms with van der Waals surface area (Å²) in [4.78, 5) is 2.47. The highest BCUT2D eigenvalue weighted by Crippen LogP contribution is 2.64. The Bertz CT molecular complexity index is 2550. The molecule has 0 bridgehead atoms. The van der Waals surface area contributed by atoms with Gasteiger partial charge in [0.2, 0.25) is 0 Å². The third kappa shape index (κ3) is 4.41. The molecule has 0 radical (unpaired) electrons. The largest absolute Gasteiger partial charge is 0.310 e. The Hall–Kier alpha value is -6.44. The van der Waals surface area contributed by atoms with Crippen molar-refractivity contribution in [1.29, 1.82) is 0 Å². The molecule has 10 rings (SSSR count). The highest BCUT2D eigenvalue weighted by molar-refractivity contribution is 6.01. The van der Waals surface area contributed by atoms with Crippen LogP contribution < -0.4 is 4.90 Å². The van der Waals surface area contributed by atoms with Crippen molar-refractivity contribution in [3.63, 3.8) is 0 Å². The normalized spacial score (nSPS) is 13.0. The van der Waals surface area contributed by atoms with E-state index in [1.54, 1.807) is 0 Å². The molecule has 0 saturated heterocycles. The van der Waals surface area contributed by atoms with Crippen LogP contribution in [0.5, 0.6) is 0 Å². The molecule has 0 saturated carbocycles. The molecule has 0 heterocycles. The molecule has 0 aromatic heterocycles. The summed E-state index contributed by atoms with van der Waals surface area (Å²) in [5.41, 5.74) is 19.7. The van der Waals surface area contributed by atoms with E-state index in [1.165, 1.54) is 78.0 Å². The highest BCUT2D eigenvalue weighted by Gasteiger charge is 2.52. The van der Waals surface area contributed by atoms with E-state index in [4.69, 9.17) is 0 Å². The fourth-order valence-electron chi connectivity index (χ4n) is 8.82. The van der Waals surface area contributed by atoms with E-state index in [0.717, 1.165) is 11.4 Å². The van der Waals surface area contributed by atoms with Gasteiger partial charge in [-0.1, -0.05) is 169 Å². The van der Waals surface area contributed by atoms with Crippen LogP contribution in [0.25, 0.3) is 44.5 Å². The number of fused-ring (bicyclic) bond motifs is 10. The Morgan fingerprint density at radius 2 is 0.863 bits per heavy atom. The maximum absolute atomic E-state index is 2.47. The highest BCUT2D eigenvalue weighted by atomic mass is 15.1. The number of anilines is 3. The van der Waals surface area contributed by atoms with E-state index in [-0.39, 0.29) is 0 Å². The van der Waals surface area contributed by atoms with Gasteiger partial charge in [-0.15, -0.1) is 0 Å². The first-order chi connectivity index (χ1) is 25.2. The molecule has 8 aromatic carbocycles. The Kier molecular flexibility index (Phi) is 6.69. The Morgan fingerprint density at radius 1 is 0.353 bits per heavy atom. The minimum Gasteiger partial charge on any atom is -0.310 e. The molecule has 0 aliphatic heterocycles. The zero-order valence-corrected chi connectivity index (χ0v) is 28.4. The molecular weight excluding hydrogens is 615 g/mol. The van der Waals surface area contributed by atoms with Crippen LogP contribution in [-0.2, 0) is 5.41 Å². The quantitative estimate of drug-likeness (QED) is 0.179. The molecule has 0 fully saturated rings. The van der Waals surface area contributed by atoms with E-state index in [0.29, 0.717) is 0 Å². The van der Waals surface area contributed by atoms with Crippen molar-refractivity contribution in [2.45, 2.75) is 12.3 Å². The number of aryl methyl sites for hydroxylation is 1. The third-order valence-electron chi connectivity index (χ3n) is 10.9. The number of nitrogens with zero attached hydrogens (tertiary/aromatic N) is 1. The van der Waals surface area contributed by atoms with Crippen molar-refractivity contribution in [1.82, 2.24) is 0 Å². The molecule has 0 unspecified atom stereocenters. The first-order valence-corrected chi connectivity index (χ1v) is 17.8. The van der Waals surface area contributed by atoms with E-state index in [1.807, 2.05) is 0 Å². The lowest BCUT2D eigenvalue weighted by Gasteiger charge is -2.32. The number of benzene rings is 8. The zero-order valence-electron chi connectivity index (χ0n) is 28.4. The Labute approximate surface area is 299 Å². The molecule has 8 aromatic rings. The van der Waals surface area contributed by atoms with Crippen LogP contribution in [0.15, 0.2) is 194 Å². The summed E-state index contributed by atoms with van der Waals surface area (Å²) in [6.07, 6.45) is 0. The van der Waals surface area contributed by atoms with E-state index >= 15 is 0 Å². The molecule has 1 spiro atoms. The second-order valence-electron chi connectivity index (χ2n) is 13.8. The summed E-state index contributed by atoms with van der Waals surface area (Å²) in [6.45, 7) is 2.16. The van der Waals surface area contributed by atoms with Gasteiger partial charge in [-0.05, 0) is 98.5 Å². The van der Waals surface area contributed by atoms with Gasteiger partial charge in [0.15, 0.2) is 0 Å². The molecule has 51 heavy (non-hydrogen) atoms. The van der Waals surface area contributed by atoms with Gasteiger partial charge in [0.1, 0.15) is 0 Å². The van der Waals surface area contributed by atoms with Crippen LogP contribution in [0, 0.1) is 6.92 Å². The smallest absolute Gasteiger partial charge is 0.0726 e. The summed E-state index contributed by atoms with van der Waals surface area (Å²) in [5.74, 6) is 0. The molecule has 2 aliphatic carbocycles. The van der Waals surface area contributed by atoms with Gasteiger partial charge in [-0.2, -0.15) is 0 Å². The molecule has 0 amide bonds. The lowest BCUT2D eigenvalue weighted by atomic mass is 9.70. The fourth-order valence-corrected chi connectivity index (χ4v) is 8.82. The van der Waals surface area contributed by atoms with Crippen molar-refractivity contribution in [2.75, 3.05) is 4.90 Å².